The SMILES string of the molecule is CC/C(=C/C(C)=NC[SiH3])N(CC)CS. The lowest BCUT2D eigenvalue weighted by molar-refractivity contribution is 0.414. The van der Waals surface area contributed by atoms with Gasteiger partial charge in [-0.15, -0.1) is 0 Å². The molecular formula is C10H22N2SSi. The molecule has 0 radical (unpaired) electrons. The number of thiol groups is 1. The van der Waals surface area contributed by atoms with E-state index < -0.39 is 0 Å². The van der Waals surface area contributed by atoms with E-state index >= 15 is 0 Å². The molecule has 0 aromatic carbocycles. The Morgan fingerprint density at radius 3 is 2.50 bits per heavy atom. The Morgan fingerprint density at radius 1 is 1.50 bits per heavy atom. The molecule has 0 rings (SSSR count). The molecule has 0 atom stereocenters. The Kier molecular flexibility index (Phi) is 7.99. The first-order valence-electron chi connectivity index (χ1n) is 5.26. The van der Waals surface area contributed by atoms with Crippen molar-refractivity contribution in [3.63, 3.8) is 0 Å². The van der Waals surface area contributed by atoms with Crippen molar-refractivity contribution in [3.05, 3.63) is 11.8 Å². The van der Waals surface area contributed by atoms with Crippen LogP contribution in [0.25, 0.3) is 0 Å². The van der Waals surface area contributed by atoms with Gasteiger partial charge in [-0.05, 0) is 26.3 Å². The molecule has 2 nitrogen and oxygen atoms in total. The van der Waals surface area contributed by atoms with E-state index in [1.54, 1.807) is 0 Å². The van der Waals surface area contributed by atoms with Gasteiger partial charge in [-0.2, -0.15) is 12.6 Å². The summed E-state index contributed by atoms with van der Waals surface area (Å²) in [5, 5.41) is 0. The van der Waals surface area contributed by atoms with Crippen LogP contribution in [0.5, 0.6) is 0 Å². The van der Waals surface area contributed by atoms with Crippen LogP contribution in [0.4, 0.5) is 0 Å². The summed E-state index contributed by atoms with van der Waals surface area (Å²) in [5.41, 5.74) is 2.47. The van der Waals surface area contributed by atoms with Crippen molar-refractivity contribution in [1.82, 2.24) is 4.90 Å². The Labute approximate surface area is 96.3 Å². The molecular weight excluding hydrogens is 208 g/mol. The topological polar surface area (TPSA) is 15.6 Å². The number of hydrogen-bond donors (Lipinski definition) is 1. The average molecular weight is 230 g/mol. The summed E-state index contributed by atoms with van der Waals surface area (Å²) < 4.78 is 0. The lowest BCUT2D eigenvalue weighted by atomic mass is 10.2. The van der Waals surface area contributed by atoms with Crippen LogP contribution in [-0.4, -0.2) is 39.4 Å². The molecule has 0 fully saturated rings. The first-order valence-corrected chi connectivity index (χ1v) is 7.31. The molecule has 0 heterocycles. The van der Waals surface area contributed by atoms with Gasteiger partial charge >= 0.3 is 0 Å². The third-order valence-electron chi connectivity index (χ3n) is 2.10. The summed E-state index contributed by atoms with van der Waals surface area (Å²) in [6, 6.07) is 0. The monoisotopic (exact) mass is 230 g/mol. The molecule has 0 aromatic heterocycles. The van der Waals surface area contributed by atoms with Gasteiger partial charge in [0.15, 0.2) is 0 Å². The molecule has 0 N–H and O–H groups in total. The van der Waals surface area contributed by atoms with Crippen molar-refractivity contribution in [2.75, 3.05) is 18.6 Å². The minimum atomic E-state index is 0.782. The summed E-state index contributed by atoms with van der Waals surface area (Å²) in [5.74, 6) is 0.782. The summed E-state index contributed by atoms with van der Waals surface area (Å²) in [6.45, 7) is 7.40. The highest BCUT2D eigenvalue weighted by Gasteiger charge is 2.03. The van der Waals surface area contributed by atoms with Gasteiger partial charge in [0.25, 0.3) is 0 Å². The number of aliphatic imine (C=N–C) groups is 1. The van der Waals surface area contributed by atoms with E-state index in [1.807, 2.05) is 0 Å². The fourth-order valence-electron chi connectivity index (χ4n) is 1.35. The van der Waals surface area contributed by atoms with Gasteiger partial charge < -0.3 is 4.90 Å². The van der Waals surface area contributed by atoms with Crippen molar-refractivity contribution in [3.8, 4) is 0 Å². The van der Waals surface area contributed by atoms with E-state index in [0.29, 0.717) is 0 Å². The average Bonchev–Trinajstić information content (AvgIpc) is 2.18. The standard InChI is InChI=1S/C10H22N2SSi/c1-4-10(12(5-2)8-13)6-9(3)11-7-14/h6,13H,4-5,7-8H2,1-3,14H3/b10-6-,11-9?. The second-order valence-electron chi connectivity index (χ2n) is 3.10. The lowest BCUT2D eigenvalue weighted by Gasteiger charge is -2.23. The van der Waals surface area contributed by atoms with Crippen LogP contribution in [0.2, 0.25) is 0 Å². The molecule has 82 valence electrons. The van der Waals surface area contributed by atoms with Crippen LogP contribution >= 0.6 is 12.6 Å². The van der Waals surface area contributed by atoms with Crippen LogP contribution in [0.3, 0.4) is 0 Å². The minimum absolute atomic E-state index is 0.782. The molecule has 0 saturated carbocycles. The van der Waals surface area contributed by atoms with Gasteiger partial charge in [-0.25, -0.2) is 0 Å². The van der Waals surface area contributed by atoms with Gasteiger partial charge in [-0.3, -0.25) is 4.99 Å². The van der Waals surface area contributed by atoms with Crippen LogP contribution < -0.4 is 0 Å². The zero-order valence-electron chi connectivity index (χ0n) is 9.75. The van der Waals surface area contributed by atoms with Crippen molar-refractivity contribution in [2.45, 2.75) is 27.2 Å². The number of nitrogens with zero attached hydrogens (tertiary/aromatic N) is 2. The predicted octanol–water partition coefficient (Wildman–Crippen LogP) is 1.27. The van der Waals surface area contributed by atoms with Crippen molar-refractivity contribution < 1.29 is 0 Å². The molecule has 0 spiro atoms. The van der Waals surface area contributed by atoms with E-state index in [4.69, 9.17) is 0 Å². The zero-order valence-corrected chi connectivity index (χ0v) is 12.6. The number of rotatable bonds is 6. The van der Waals surface area contributed by atoms with Crippen LogP contribution in [0.1, 0.15) is 27.2 Å². The lowest BCUT2D eigenvalue weighted by Crippen LogP contribution is -2.21. The quantitative estimate of drug-likeness (QED) is 0.314. The highest BCUT2D eigenvalue weighted by molar-refractivity contribution is 7.80. The van der Waals surface area contributed by atoms with E-state index in [0.717, 1.165) is 41.0 Å². The first kappa shape index (κ1) is 13.8. The second kappa shape index (κ2) is 8.12. The fraction of sp³-hybridized carbons (Fsp3) is 0.700. The molecule has 0 bridgehead atoms. The molecule has 14 heavy (non-hydrogen) atoms. The number of allylic oxidation sites excluding steroid dienone is 2. The highest BCUT2D eigenvalue weighted by Crippen LogP contribution is 2.09. The Hall–Kier alpha value is -0.223. The predicted molar refractivity (Wildman–Crippen MR) is 72.5 cm³/mol. The van der Waals surface area contributed by atoms with E-state index in [2.05, 4.69) is 49.4 Å². The van der Waals surface area contributed by atoms with E-state index in [-0.39, 0.29) is 0 Å². The van der Waals surface area contributed by atoms with Gasteiger partial charge in [0.2, 0.25) is 0 Å². The Morgan fingerprint density at radius 2 is 2.14 bits per heavy atom. The van der Waals surface area contributed by atoms with Crippen LogP contribution in [0.15, 0.2) is 16.8 Å². The molecule has 0 aliphatic carbocycles. The van der Waals surface area contributed by atoms with Gasteiger partial charge in [0.05, 0.1) is 5.88 Å². The normalized spacial score (nSPS) is 13.4. The van der Waals surface area contributed by atoms with Crippen molar-refractivity contribution in [2.24, 2.45) is 4.99 Å². The summed E-state index contributed by atoms with van der Waals surface area (Å²) in [7, 11) is 1.14. The zero-order chi connectivity index (χ0) is 11.0. The van der Waals surface area contributed by atoms with E-state index in [1.165, 1.54) is 5.70 Å². The van der Waals surface area contributed by atoms with Crippen molar-refractivity contribution >= 4 is 28.6 Å². The largest absolute Gasteiger partial charge is 0.366 e. The Balaban J connectivity index is 4.59. The maximum absolute atomic E-state index is 4.41. The summed E-state index contributed by atoms with van der Waals surface area (Å²) in [4.78, 5) is 6.67. The molecule has 0 aliphatic heterocycles. The molecule has 0 aliphatic rings. The molecule has 0 aromatic rings. The third-order valence-corrected chi connectivity index (χ3v) is 2.76. The second-order valence-corrected chi connectivity index (χ2v) is 4.02. The van der Waals surface area contributed by atoms with Gasteiger partial charge in [0, 0.05) is 34.4 Å². The maximum Gasteiger partial charge on any atom is 0.0607 e. The van der Waals surface area contributed by atoms with Gasteiger partial charge in [-0.1, -0.05) is 6.92 Å². The number of hydrogen-bond acceptors (Lipinski definition) is 3. The first-order chi connectivity index (χ1) is 6.69. The molecule has 0 unspecified atom stereocenters. The molecule has 0 amide bonds. The van der Waals surface area contributed by atoms with Crippen molar-refractivity contribution in [1.29, 1.82) is 0 Å². The smallest absolute Gasteiger partial charge is 0.0607 e. The van der Waals surface area contributed by atoms with Crippen LogP contribution in [-0.2, 0) is 0 Å². The fourth-order valence-corrected chi connectivity index (χ4v) is 2.23. The van der Waals surface area contributed by atoms with Gasteiger partial charge in [0.1, 0.15) is 0 Å². The summed E-state index contributed by atoms with van der Waals surface area (Å²) in [6.07, 6.45) is 4.21. The molecule has 4 heteroatoms. The summed E-state index contributed by atoms with van der Waals surface area (Å²) >= 11 is 4.32. The Bertz CT molecular complexity index is 210. The minimum Gasteiger partial charge on any atom is -0.366 e. The third kappa shape index (κ3) is 4.86. The van der Waals surface area contributed by atoms with Crippen LogP contribution in [0, 0.1) is 0 Å². The molecule has 0 saturated heterocycles. The highest BCUT2D eigenvalue weighted by atomic mass is 32.1. The van der Waals surface area contributed by atoms with E-state index in [9.17, 15) is 0 Å². The maximum atomic E-state index is 4.41.